The van der Waals surface area contributed by atoms with Gasteiger partial charge in [-0.15, -0.1) is 0 Å². The van der Waals surface area contributed by atoms with Crippen LogP contribution in [0.2, 0.25) is 0 Å². The predicted molar refractivity (Wildman–Crippen MR) is 136 cm³/mol. The van der Waals surface area contributed by atoms with Crippen molar-refractivity contribution in [3.05, 3.63) is 54.1 Å². The third-order valence-electron chi connectivity index (χ3n) is 7.18. The number of fused-ring (bicyclic) bond motifs is 3. The van der Waals surface area contributed by atoms with E-state index in [2.05, 4.69) is 10.2 Å². The summed E-state index contributed by atoms with van der Waals surface area (Å²) in [5.41, 5.74) is 2.27. The number of alkyl carbamates (subject to hydrolysis) is 1. The molecule has 1 amide bonds. The van der Waals surface area contributed by atoms with Crippen LogP contribution in [0.15, 0.2) is 53.4 Å². The van der Waals surface area contributed by atoms with Crippen molar-refractivity contribution in [2.75, 3.05) is 39.1 Å². The number of nitrogens with zero attached hydrogens (tertiary/aromatic N) is 1. The molecule has 2 aromatic rings. The quantitative estimate of drug-likeness (QED) is 0.519. The van der Waals surface area contributed by atoms with Gasteiger partial charge in [0.05, 0.1) is 16.2 Å². The highest BCUT2D eigenvalue weighted by molar-refractivity contribution is 7.91. The number of carbonyl (C=O) groups excluding carboxylic acids is 1. The molecule has 0 aliphatic carbocycles. The maximum Gasteiger partial charge on any atom is 0.408 e. The number of piperidine rings is 3. The molecule has 5 rings (SSSR count). The van der Waals surface area contributed by atoms with Crippen molar-refractivity contribution in [3.8, 4) is 11.1 Å². The molecule has 35 heavy (non-hydrogen) atoms. The van der Waals surface area contributed by atoms with Crippen LogP contribution in [0.5, 0.6) is 0 Å². The van der Waals surface area contributed by atoms with Crippen LogP contribution in [0, 0.1) is 5.92 Å². The molecule has 190 valence electrons. The van der Waals surface area contributed by atoms with Crippen molar-refractivity contribution in [1.29, 1.82) is 0 Å². The van der Waals surface area contributed by atoms with E-state index in [0.717, 1.165) is 49.2 Å². The summed E-state index contributed by atoms with van der Waals surface area (Å²) >= 11 is 0. The van der Waals surface area contributed by atoms with E-state index in [-0.39, 0.29) is 18.0 Å². The van der Waals surface area contributed by atoms with Gasteiger partial charge in [-0.05, 0) is 80.9 Å². The van der Waals surface area contributed by atoms with Crippen molar-refractivity contribution >= 4 is 15.9 Å². The van der Waals surface area contributed by atoms with E-state index in [0.29, 0.717) is 23.8 Å². The molecule has 3 aliphatic rings. The smallest absolute Gasteiger partial charge is 0.408 e. The molecule has 7 nitrogen and oxygen atoms in total. The van der Waals surface area contributed by atoms with Gasteiger partial charge in [0.25, 0.3) is 0 Å². The fourth-order valence-corrected chi connectivity index (χ4v) is 6.27. The van der Waals surface area contributed by atoms with Gasteiger partial charge in [-0.3, -0.25) is 4.90 Å². The first-order valence-corrected chi connectivity index (χ1v) is 14.0. The lowest BCUT2D eigenvalue weighted by molar-refractivity contribution is -0.0349. The number of hydrogen-bond acceptors (Lipinski definition) is 6. The average molecular weight is 501 g/mol. The number of nitrogens with one attached hydrogen (secondary N) is 1. The molecule has 1 atom stereocenters. The summed E-state index contributed by atoms with van der Waals surface area (Å²) in [6.45, 7) is 7.40. The van der Waals surface area contributed by atoms with Crippen LogP contribution < -0.4 is 5.32 Å². The topological polar surface area (TPSA) is 84.9 Å². The Labute approximate surface area is 208 Å². The van der Waals surface area contributed by atoms with Gasteiger partial charge in [-0.2, -0.15) is 0 Å². The summed E-state index contributed by atoms with van der Waals surface area (Å²) in [6, 6.07) is 14.9. The van der Waals surface area contributed by atoms with Crippen molar-refractivity contribution in [2.45, 2.75) is 49.6 Å². The van der Waals surface area contributed by atoms with Crippen molar-refractivity contribution in [2.24, 2.45) is 5.92 Å². The Bertz CT molecular complexity index is 1110. The highest BCUT2D eigenvalue weighted by Crippen LogP contribution is 2.30. The van der Waals surface area contributed by atoms with Gasteiger partial charge in [0, 0.05) is 20.3 Å². The second-order valence-corrected chi connectivity index (χ2v) is 12.2. The number of amides is 1. The van der Waals surface area contributed by atoms with Gasteiger partial charge in [0.1, 0.15) is 6.10 Å². The monoisotopic (exact) mass is 500 g/mol. The largest absolute Gasteiger partial charge is 0.445 e. The lowest BCUT2D eigenvalue weighted by Crippen LogP contribution is -2.53. The highest BCUT2D eigenvalue weighted by atomic mass is 32.2. The Balaban J connectivity index is 1.37. The lowest BCUT2D eigenvalue weighted by atomic mass is 9.86. The van der Waals surface area contributed by atoms with Crippen LogP contribution in [0.1, 0.15) is 38.7 Å². The minimum atomic E-state index is -3.32. The molecule has 1 unspecified atom stereocenters. The van der Waals surface area contributed by atoms with Crippen molar-refractivity contribution in [1.82, 2.24) is 10.2 Å². The molecule has 3 saturated heterocycles. The maximum absolute atomic E-state index is 12.7. The van der Waals surface area contributed by atoms with Crippen molar-refractivity contribution in [3.63, 3.8) is 0 Å². The molecule has 3 aliphatic heterocycles. The first-order chi connectivity index (χ1) is 16.7. The van der Waals surface area contributed by atoms with Gasteiger partial charge < -0.3 is 14.8 Å². The summed E-state index contributed by atoms with van der Waals surface area (Å²) in [7, 11) is -1.75. The molecule has 3 heterocycles. The number of ether oxygens (including phenoxy) is 2. The highest BCUT2D eigenvalue weighted by Gasteiger charge is 2.37. The number of rotatable bonds is 9. The number of sulfone groups is 1. The van der Waals surface area contributed by atoms with Crippen LogP contribution in [-0.2, 0) is 24.8 Å². The molecule has 1 N–H and O–H groups in total. The summed E-state index contributed by atoms with van der Waals surface area (Å²) in [5, 5.41) is 3.03. The zero-order chi connectivity index (χ0) is 25.1. The van der Waals surface area contributed by atoms with Gasteiger partial charge >= 0.3 is 6.09 Å². The maximum atomic E-state index is 12.7. The number of methoxy groups -OCH3 is 1. The summed E-state index contributed by atoms with van der Waals surface area (Å²) in [6.07, 6.45) is 2.27. The zero-order valence-corrected chi connectivity index (χ0v) is 21.6. The molecule has 8 heteroatoms. The van der Waals surface area contributed by atoms with Gasteiger partial charge in [0.2, 0.25) is 0 Å². The second kappa shape index (κ2) is 10.7. The van der Waals surface area contributed by atoms with E-state index >= 15 is 0 Å². The van der Waals surface area contributed by atoms with Crippen LogP contribution in [0.3, 0.4) is 0 Å². The van der Waals surface area contributed by atoms with Gasteiger partial charge in [-0.25, -0.2) is 13.2 Å². The normalized spacial score (nSPS) is 22.1. The molecule has 0 radical (unpaired) electrons. The molecular weight excluding hydrogens is 464 g/mol. The molecule has 0 spiro atoms. The van der Waals surface area contributed by atoms with Crippen LogP contribution >= 0.6 is 0 Å². The van der Waals surface area contributed by atoms with E-state index in [1.54, 1.807) is 19.2 Å². The van der Waals surface area contributed by atoms with E-state index in [1.807, 2.05) is 50.2 Å². The molecule has 3 fully saturated rings. The zero-order valence-electron chi connectivity index (χ0n) is 20.8. The molecule has 0 aromatic heterocycles. The first-order valence-electron chi connectivity index (χ1n) is 12.3. The molecule has 2 bridgehead atoms. The third kappa shape index (κ3) is 6.23. The van der Waals surface area contributed by atoms with E-state index in [1.165, 1.54) is 0 Å². The summed E-state index contributed by atoms with van der Waals surface area (Å²) in [5.74, 6) is 0.541. The number of hydrogen-bond donors (Lipinski definition) is 1. The van der Waals surface area contributed by atoms with E-state index in [9.17, 15) is 13.2 Å². The third-order valence-corrected chi connectivity index (χ3v) is 9.00. The number of carbonyl (C=O) groups is 1. The lowest BCUT2D eigenvalue weighted by Gasteiger charge is -2.44. The van der Waals surface area contributed by atoms with Gasteiger partial charge in [0.15, 0.2) is 9.84 Å². The Morgan fingerprint density at radius 2 is 1.63 bits per heavy atom. The van der Waals surface area contributed by atoms with Crippen LogP contribution in [-0.4, -0.2) is 64.6 Å². The van der Waals surface area contributed by atoms with Crippen molar-refractivity contribution < 1.29 is 22.7 Å². The molecule has 2 aromatic carbocycles. The Morgan fingerprint density at radius 1 is 1.03 bits per heavy atom. The predicted octanol–water partition coefficient (Wildman–Crippen LogP) is 4.22. The molecule has 0 saturated carbocycles. The molecular formula is C27H36N2O5S. The fraction of sp³-hybridized carbons (Fsp3) is 0.519. The SMILES string of the molecule is COCCCS(=O)(=O)c1ccc(-c2ccc(C(C)(C)NC(=O)OC3CN4CCC3CC4)cc2)cc1. The number of benzene rings is 2. The first kappa shape index (κ1) is 25.7. The van der Waals surface area contributed by atoms with Crippen LogP contribution in [0.4, 0.5) is 4.79 Å². The Kier molecular flexibility index (Phi) is 7.83. The Hall–Kier alpha value is -2.42. The summed E-state index contributed by atoms with van der Waals surface area (Å²) in [4.78, 5) is 15.3. The van der Waals surface area contributed by atoms with E-state index < -0.39 is 15.4 Å². The minimum absolute atomic E-state index is 0.0255. The standard InChI is InChI=1S/C27H36N2O5S/c1-27(2,28-26(30)34-25-19-29-15-13-22(25)14-16-29)23-9-5-20(6-10-23)21-7-11-24(12-8-21)35(31,32)18-4-17-33-3/h5-12,22,25H,4,13-19H2,1-3H3,(H,28,30). The fourth-order valence-electron chi connectivity index (χ4n) is 4.98. The Morgan fingerprint density at radius 3 is 2.17 bits per heavy atom. The summed E-state index contributed by atoms with van der Waals surface area (Å²) < 4.78 is 35.7. The van der Waals surface area contributed by atoms with Gasteiger partial charge in [-0.1, -0.05) is 36.4 Å². The van der Waals surface area contributed by atoms with Crippen LogP contribution in [0.25, 0.3) is 11.1 Å². The second-order valence-electron chi connectivity index (χ2n) is 10.1. The average Bonchev–Trinajstić information content (AvgIpc) is 2.85. The minimum Gasteiger partial charge on any atom is -0.445 e. The van der Waals surface area contributed by atoms with E-state index in [4.69, 9.17) is 9.47 Å².